The summed E-state index contributed by atoms with van der Waals surface area (Å²) in [4.78, 5) is 0. The van der Waals surface area contributed by atoms with Crippen molar-refractivity contribution in [1.29, 1.82) is 0 Å². The zero-order valence-corrected chi connectivity index (χ0v) is 10.7. The monoisotopic (exact) mass is 246 g/mol. The molecule has 0 saturated carbocycles. The minimum absolute atomic E-state index is 0. The van der Waals surface area contributed by atoms with Crippen LogP contribution in [0.1, 0.15) is 0 Å². The number of hydrogen-bond donors (Lipinski definition) is 0. The van der Waals surface area contributed by atoms with Gasteiger partial charge < -0.3 is 12.0 Å². The molecule has 8 heavy (non-hydrogen) atoms. The molecule has 2 radical (unpaired) electrons. The molecule has 4 heteroatoms. The van der Waals surface area contributed by atoms with Gasteiger partial charge in [-0.25, -0.2) is 0 Å². The Morgan fingerprint density at radius 1 is 1.38 bits per heavy atom. The molecule has 46 valence electrons. The van der Waals surface area contributed by atoms with Gasteiger partial charge in [0.25, 0.3) is 0 Å². The molecule has 0 fully saturated rings. The fraction of sp³-hybridized carbons (Fsp3) is 0.500. The van der Waals surface area contributed by atoms with Crippen LogP contribution in [0.4, 0.5) is 0 Å². The second kappa shape index (κ2) is 8.92. The minimum atomic E-state index is -1.89. The molecule has 0 aromatic carbocycles. The van der Waals surface area contributed by atoms with E-state index in [1.807, 2.05) is 0 Å². The summed E-state index contributed by atoms with van der Waals surface area (Å²) in [6.45, 7) is 6.59. The van der Waals surface area contributed by atoms with Gasteiger partial charge in [0.2, 0.25) is 0 Å². The van der Waals surface area contributed by atoms with Gasteiger partial charge >= 0.3 is 18.6 Å². The third kappa shape index (κ3) is 103. The molecule has 0 aliphatic carbocycles. The van der Waals surface area contributed by atoms with Crippen molar-refractivity contribution in [3.63, 3.8) is 0 Å². The van der Waals surface area contributed by atoms with Crippen molar-refractivity contribution in [2.24, 2.45) is 0 Å². The Morgan fingerprint density at radius 3 is 1.38 bits per heavy atom. The van der Waals surface area contributed by atoms with E-state index >= 15 is 0 Å². The second-order valence-corrected chi connectivity index (χ2v) is 4.72. The average molecular weight is 246 g/mol. The van der Waals surface area contributed by atoms with E-state index in [2.05, 4.69) is 6.66 Å². The standard InChI is InChI=1S/C3H8OP.CH3.V.Y/c1-5(2,3)4;;;/h1H2,2-3H3;1H3;;/q2*-1;+2;. The maximum atomic E-state index is 10.1. The van der Waals surface area contributed by atoms with E-state index in [0.29, 0.717) is 0 Å². The maximum Gasteiger partial charge on any atom is 2.00 e. The molecular weight excluding hydrogens is 235 g/mol. The topological polar surface area (TPSA) is 17.1 Å². The first-order valence-corrected chi connectivity index (χ1v) is 4.18. The molecule has 0 unspecified atom stereocenters. The molecule has 0 atom stereocenters. The maximum absolute atomic E-state index is 10.1. The van der Waals surface area contributed by atoms with Gasteiger partial charge in [0.1, 0.15) is 0 Å². The predicted molar refractivity (Wildman–Crippen MR) is 31.2 cm³/mol. The third-order valence-electron chi connectivity index (χ3n) is 0. The van der Waals surface area contributed by atoms with Crippen molar-refractivity contribution in [2.45, 2.75) is 0 Å². The summed E-state index contributed by atoms with van der Waals surface area (Å²) in [6, 6.07) is 0. The van der Waals surface area contributed by atoms with E-state index in [1.165, 1.54) is 0 Å². The van der Waals surface area contributed by atoms with Crippen molar-refractivity contribution in [2.75, 3.05) is 13.3 Å². The molecule has 0 bridgehead atoms. The van der Waals surface area contributed by atoms with Gasteiger partial charge in [-0.1, -0.05) is 7.14 Å². The SMILES string of the molecule is [CH2-]P(C)(C)=O.[CH3-].[V+2].[Y]. The smallest absolute Gasteiger partial charge is 0.358 e. The summed E-state index contributed by atoms with van der Waals surface area (Å²) < 4.78 is 10.1. The molecular formula is C4H11OPVY. The van der Waals surface area contributed by atoms with Crippen LogP contribution in [0.2, 0.25) is 0 Å². The molecule has 0 N–H and O–H groups in total. The summed E-state index contributed by atoms with van der Waals surface area (Å²) in [5.74, 6) is 0. The molecule has 0 amide bonds. The summed E-state index contributed by atoms with van der Waals surface area (Å²) in [6.07, 6.45) is 0. The quantitative estimate of drug-likeness (QED) is 0.470. The molecule has 0 aromatic rings. The van der Waals surface area contributed by atoms with Crippen LogP contribution in [0.15, 0.2) is 0 Å². The van der Waals surface area contributed by atoms with Gasteiger partial charge in [-0.2, -0.15) is 0 Å². The zero-order chi connectivity index (χ0) is 4.50. The Bertz CT molecular complexity index is 62.2. The molecule has 0 aliphatic heterocycles. The Kier molecular flexibility index (Phi) is 25.1. The van der Waals surface area contributed by atoms with E-state index < -0.39 is 7.14 Å². The van der Waals surface area contributed by atoms with E-state index in [-0.39, 0.29) is 58.7 Å². The van der Waals surface area contributed by atoms with Gasteiger partial charge in [-0.05, 0) is 13.3 Å². The fourth-order valence-corrected chi connectivity index (χ4v) is 0. The van der Waals surface area contributed by atoms with Gasteiger partial charge in [-0.3, -0.25) is 6.66 Å². The van der Waals surface area contributed by atoms with Gasteiger partial charge in [-0.15, -0.1) is 0 Å². The minimum Gasteiger partial charge on any atom is -0.358 e. The van der Waals surface area contributed by atoms with E-state index in [1.54, 1.807) is 13.3 Å². The van der Waals surface area contributed by atoms with E-state index in [4.69, 9.17) is 0 Å². The molecule has 0 spiro atoms. The Hall–Kier alpha value is 1.92. The summed E-state index contributed by atoms with van der Waals surface area (Å²) in [5.41, 5.74) is 0. The largest absolute Gasteiger partial charge is 2.00 e. The van der Waals surface area contributed by atoms with Crippen molar-refractivity contribution >= 4 is 7.14 Å². The van der Waals surface area contributed by atoms with Crippen LogP contribution in [-0.4, -0.2) is 13.3 Å². The van der Waals surface area contributed by atoms with E-state index in [9.17, 15) is 4.57 Å². The van der Waals surface area contributed by atoms with Crippen LogP contribution in [0, 0.1) is 14.1 Å². The first-order chi connectivity index (χ1) is 2.00. The van der Waals surface area contributed by atoms with Gasteiger partial charge in [0.05, 0.1) is 0 Å². The first-order valence-electron chi connectivity index (χ1n) is 1.39. The fourth-order valence-electron chi connectivity index (χ4n) is 0. The van der Waals surface area contributed by atoms with Crippen LogP contribution >= 0.6 is 7.14 Å². The molecule has 0 heterocycles. The third-order valence-corrected chi connectivity index (χ3v) is 0. The van der Waals surface area contributed by atoms with Crippen molar-refractivity contribution < 1.29 is 55.8 Å². The number of rotatable bonds is 0. The summed E-state index contributed by atoms with van der Waals surface area (Å²) in [7, 11) is -1.89. The normalized spacial score (nSPS) is 7.38. The van der Waals surface area contributed by atoms with Crippen molar-refractivity contribution in [3.05, 3.63) is 14.1 Å². The predicted octanol–water partition coefficient (Wildman–Crippen LogP) is 1.85. The van der Waals surface area contributed by atoms with Gasteiger partial charge in [0.15, 0.2) is 0 Å². The first kappa shape index (κ1) is 22.5. The molecule has 0 saturated heterocycles. The second-order valence-electron chi connectivity index (χ2n) is 1.57. The summed E-state index contributed by atoms with van der Waals surface area (Å²) >= 11 is 0. The molecule has 1 nitrogen and oxygen atoms in total. The van der Waals surface area contributed by atoms with Crippen molar-refractivity contribution in [1.82, 2.24) is 0 Å². The van der Waals surface area contributed by atoms with Crippen LogP contribution in [0.25, 0.3) is 0 Å². The average Bonchev–Trinajstić information content (AvgIpc) is 0.722. The summed E-state index contributed by atoms with van der Waals surface area (Å²) in [5, 5.41) is 0. The molecule has 0 aliphatic rings. The van der Waals surface area contributed by atoms with Crippen LogP contribution in [0.3, 0.4) is 0 Å². The van der Waals surface area contributed by atoms with Gasteiger partial charge in [0, 0.05) is 32.7 Å². The van der Waals surface area contributed by atoms with Crippen LogP contribution < -0.4 is 0 Å². The molecule has 0 rings (SSSR count). The van der Waals surface area contributed by atoms with E-state index in [0.717, 1.165) is 0 Å². The number of hydrogen-bond acceptors (Lipinski definition) is 1. The Labute approximate surface area is 89.5 Å². The van der Waals surface area contributed by atoms with Crippen LogP contribution in [-0.2, 0) is 55.8 Å². The van der Waals surface area contributed by atoms with Crippen molar-refractivity contribution in [3.8, 4) is 0 Å². The Morgan fingerprint density at radius 2 is 1.38 bits per heavy atom. The Balaban J connectivity index is -0.0000000267. The zero-order valence-electron chi connectivity index (χ0n) is 5.59. The van der Waals surface area contributed by atoms with Crippen LogP contribution in [0.5, 0.6) is 0 Å². The molecule has 0 aromatic heterocycles.